The van der Waals surface area contributed by atoms with Crippen molar-refractivity contribution in [2.75, 3.05) is 6.61 Å². The van der Waals surface area contributed by atoms with Crippen LogP contribution in [0.5, 0.6) is 0 Å². The standard InChI is InChI=1S/C12H19NO/c1-9(2)11-5-3-10(4-6-11)7-12(13)8-14/h3-6,9,12,14H,7-8,13H2,1-2H3. The first-order valence-electron chi connectivity index (χ1n) is 5.08. The van der Waals surface area contributed by atoms with Crippen molar-refractivity contribution in [1.29, 1.82) is 0 Å². The van der Waals surface area contributed by atoms with Crippen LogP contribution in [0.25, 0.3) is 0 Å². The number of aliphatic hydroxyl groups is 1. The SMILES string of the molecule is CC(C)c1ccc(CC(N)CO)cc1. The monoisotopic (exact) mass is 193 g/mol. The first-order chi connectivity index (χ1) is 6.63. The molecule has 1 atom stereocenters. The van der Waals surface area contributed by atoms with Crippen LogP contribution >= 0.6 is 0 Å². The van der Waals surface area contributed by atoms with Crippen LogP contribution in [-0.2, 0) is 6.42 Å². The maximum absolute atomic E-state index is 8.81. The van der Waals surface area contributed by atoms with Crippen LogP contribution in [0.4, 0.5) is 0 Å². The van der Waals surface area contributed by atoms with Gasteiger partial charge in [-0.15, -0.1) is 0 Å². The smallest absolute Gasteiger partial charge is 0.0585 e. The molecule has 0 aliphatic carbocycles. The minimum atomic E-state index is -0.139. The summed E-state index contributed by atoms with van der Waals surface area (Å²) in [6.45, 7) is 4.40. The summed E-state index contributed by atoms with van der Waals surface area (Å²) in [7, 11) is 0. The van der Waals surface area contributed by atoms with Gasteiger partial charge in [0.15, 0.2) is 0 Å². The Bertz CT molecular complexity index is 266. The third-order valence-corrected chi connectivity index (χ3v) is 2.38. The summed E-state index contributed by atoms with van der Waals surface area (Å²) in [6.07, 6.45) is 0.745. The van der Waals surface area contributed by atoms with Gasteiger partial charge in [0, 0.05) is 6.04 Å². The van der Waals surface area contributed by atoms with Crippen molar-refractivity contribution in [1.82, 2.24) is 0 Å². The lowest BCUT2D eigenvalue weighted by molar-refractivity contribution is 0.265. The minimum absolute atomic E-state index is 0.0476. The van der Waals surface area contributed by atoms with E-state index in [0.717, 1.165) is 6.42 Å². The van der Waals surface area contributed by atoms with E-state index in [0.29, 0.717) is 5.92 Å². The molecule has 2 nitrogen and oxygen atoms in total. The van der Waals surface area contributed by atoms with E-state index in [-0.39, 0.29) is 12.6 Å². The average molecular weight is 193 g/mol. The second-order valence-corrected chi connectivity index (χ2v) is 4.04. The number of nitrogens with two attached hydrogens (primary N) is 1. The molecule has 0 aromatic heterocycles. The summed E-state index contributed by atoms with van der Waals surface area (Å²) in [5.74, 6) is 0.565. The molecule has 0 fully saturated rings. The van der Waals surface area contributed by atoms with Gasteiger partial charge in [0.1, 0.15) is 0 Å². The van der Waals surface area contributed by atoms with Crippen LogP contribution in [-0.4, -0.2) is 17.8 Å². The first kappa shape index (κ1) is 11.2. The molecule has 1 rings (SSSR count). The molecule has 3 N–H and O–H groups in total. The van der Waals surface area contributed by atoms with Gasteiger partial charge >= 0.3 is 0 Å². The molecule has 0 amide bonds. The molecule has 0 saturated heterocycles. The van der Waals surface area contributed by atoms with Crippen LogP contribution in [0.2, 0.25) is 0 Å². The zero-order chi connectivity index (χ0) is 10.6. The van der Waals surface area contributed by atoms with Gasteiger partial charge in [-0.3, -0.25) is 0 Å². The van der Waals surface area contributed by atoms with Crippen molar-refractivity contribution < 1.29 is 5.11 Å². The van der Waals surface area contributed by atoms with Gasteiger partial charge in [-0.2, -0.15) is 0 Å². The van der Waals surface area contributed by atoms with E-state index in [1.807, 2.05) is 0 Å². The molecule has 0 heterocycles. The van der Waals surface area contributed by atoms with Crippen LogP contribution < -0.4 is 5.73 Å². The molecule has 0 bridgehead atoms. The molecule has 0 spiro atoms. The number of benzene rings is 1. The Morgan fingerprint density at radius 1 is 1.21 bits per heavy atom. The lowest BCUT2D eigenvalue weighted by Crippen LogP contribution is -2.26. The third kappa shape index (κ3) is 3.13. The molecular weight excluding hydrogens is 174 g/mol. The zero-order valence-corrected chi connectivity index (χ0v) is 8.90. The third-order valence-electron chi connectivity index (χ3n) is 2.38. The van der Waals surface area contributed by atoms with Gasteiger partial charge in [0.05, 0.1) is 6.61 Å². The Hall–Kier alpha value is -0.860. The molecule has 0 radical (unpaired) electrons. The molecule has 1 aromatic carbocycles. The van der Waals surface area contributed by atoms with E-state index in [9.17, 15) is 0 Å². The van der Waals surface area contributed by atoms with Crippen LogP contribution in [0.1, 0.15) is 30.9 Å². The van der Waals surface area contributed by atoms with E-state index in [1.54, 1.807) is 0 Å². The summed E-state index contributed by atoms with van der Waals surface area (Å²) in [4.78, 5) is 0. The number of rotatable bonds is 4. The van der Waals surface area contributed by atoms with Gasteiger partial charge in [0.2, 0.25) is 0 Å². The zero-order valence-electron chi connectivity index (χ0n) is 8.90. The number of hydrogen-bond donors (Lipinski definition) is 2. The normalized spacial score (nSPS) is 13.2. The maximum atomic E-state index is 8.81. The van der Waals surface area contributed by atoms with E-state index < -0.39 is 0 Å². The topological polar surface area (TPSA) is 46.2 Å². The highest BCUT2D eigenvalue weighted by atomic mass is 16.3. The molecule has 0 aliphatic rings. The summed E-state index contributed by atoms with van der Waals surface area (Å²) in [6, 6.07) is 8.30. The highest BCUT2D eigenvalue weighted by molar-refractivity contribution is 5.25. The number of hydrogen-bond acceptors (Lipinski definition) is 2. The summed E-state index contributed by atoms with van der Waals surface area (Å²) < 4.78 is 0. The molecule has 1 unspecified atom stereocenters. The van der Waals surface area contributed by atoms with Gasteiger partial charge in [-0.25, -0.2) is 0 Å². The average Bonchev–Trinajstić information content (AvgIpc) is 2.18. The van der Waals surface area contributed by atoms with E-state index in [2.05, 4.69) is 38.1 Å². The first-order valence-corrected chi connectivity index (χ1v) is 5.08. The predicted octanol–water partition coefficient (Wildman–Crippen LogP) is 1.67. The Kier molecular flexibility index (Phi) is 4.11. The van der Waals surface area contributed by atoms with Crippen molar-refractivity contribution >= 4 is 0 Å². The molecule has 78 valence electrons. The van der Waals surface area contributed by atoms with Crippen molar-refractivity contribution in [3.63, 3.8) is 0 Å². The lowest BCUT2D eigenvalue weighted by Gasteiger charge is -2.09. The fourth-order valence-corrected chi connectivity index (χ4v) is 1.41. The minimum Gasteiger partial charge on any atom is -0.395 e. The van der Waals surface area contributed by atoms with Crippen LogP contribution in [0.3, 0.4) is 0 Å². The fourth-order valence-electron chi connectivity index (χ4n) is 1.41. The molecule has 2 heteroatoms. The Morgan fingerprint density at radius 3 is 2.21 bits per heavy atom. The van der Waals surface area contributed by atoms with E-state index in [1.165, 1.54) is 11.1 Å². The largest absolute Gasteiger partial charge is 0.395 e. The van der Waals surface area contributed by atoms with Crippen molar-refractivity contribution in [3.8, 4) is 0 Å². The van der Waals surface area contributed by atoms with Crippen LogP contribution in [0, 0.1) is 0 Å². The molecular formula is C12H19NO. The van der Waals surface area contributed by atoms with Gasteiger partial charge in [0.25, 0.3) is 0 Å². The van der Waals surface area contributed by atoms with Gasteiger partial charge < -0.3 is 10.8 Å². The quantitative estimate of drug-likeness (QED) is 0.764. The highest BCUT2D eigenvalue weighted by Crippen LogP contribution is 2.15. The Morgan fingerprint density at radius 2 is 1.79 bits per heavy atom. The Balaban J connectivity index is 2.64. The van der Waals surface area contributed by atoms with E-state index in [4.69, 9.17) is 10.8 Å². The van der Waals surface area contributed by atoms with Gasteiger partial charge in [-0.05, 0) is 23.5 Å². The number of aliphatic hydroxyl groups excluding tert-OH is 1. The molecule has 0 saturated carbocycles. The molecule has 0 aliphatic heterocycles. The van der Waals surface area contributed by atoms with Crippen molar-refractivity contribution in [3.05, 3.63) is 35.4 Å². The van der Waals surface area contributed by atoms with Crippen LogP contribution in [0.15, 0.2) is 24.3 Å². The second-order valence-electron chi connectivity index (χ2n) is 4.04. The highest BCUT2D eigenvalue weighted by Gasteiger charge is 2.03. The maximum Gasteiger partial charge on any atom is 0.0585 e. The fraction of sp³-hybridized carbons (Fsp3) is 0.500. The Labute approximate surface area is 85.8 Å². The summed E-state index contributed by atoms with van der Waals surface area (Å²) in [5.41, 5.74) is 8.18. The van der Waals surface area contributed by atoms with Gasteiger partial charge in [-0.1, -0.05) is 38.1 Å². The van der Waals surface area contributed by atoms with E-state index >= 15 is 0 Å². The summed E-state index contributed by atoms with van der Waals surface area (Å²) in [5, 5.41) is 8.81. The summed E-state index contributed by atoms with van der Waals surface area (Å²) >= 11 is 0. The predicted molar refractivity (Wildman–Crippen MR) is 59.3 cm³/mol. The van der Waals surface area contributed by atoms with Crippen molar-refractivity contribution in [2.45, 2.75) is 32.2 Å². The van der Waals surface area contributed by atoms with Crippen molar-refractivity contribution in [2.24, 2.45) is 5.73 Å². The molecule has 1 aromatic rings. The molecule has 14 heavy (non-hydrogen) atoms. The second kappa shape index (κ2) is 5.13. The lowest BCUT2D eigenvalue weighted by atomic mass is 9.99.